The highest BCUT2D eigenvalue weighted by Gasteiger charge is 2.25. The summed E-state index contributed by atoms with van der Waals surface area (Å²) in [6.07, 6.45) is 1.92. The van der Waals surface area contributed by atoms with Gasteiger partial charge in [0.25, 0.3) is 0 Å². The van der Waals surface area contributed by atoms with Crippen molar-refractivity contribution < 1.29 is 8.42 Å². The van der Waals surface area contributed by atoms with Gasteiger partial charge in [0, 0.05) is 22.8 Å². The summed E-state index contributed by atoms with van der Waals surface area (Å²) in [7, 11) is -3.29. The molecule has 0 saturated carbocycles. The second-order valence-electron chi connectivity index (χ2n) is 4.13. The van der Waals surface area contributed by atoms with E-state index < -0.39 is 10.0 Å². The Hall–Kier alpha value is -0.390. The van der Waals surface area contributed by atoms with Gasteiger partial charge in [0.1, 0.15) is 0 Å². The zero-order valence-electron chi connectivity index (χ0n) is 11.0. The molecule has 98 valence electrons. The smallest absolute Gasteiger partial charge is 0.207 e. The van der Waals surface area contributed by atoms with E-state index >= 15 is 0 Å². The molecule has 0 saturated heterocycles. The molecule has 17 heavy (non-hydrogen) atoms. The average molecular weight is 275 g/mol. The zero-order chi connectivity index (χ0) is 13.1. The highest BCUT2D eigenvalue weighted by molar-refractivity contribution is 7.89. The van der Waals surface area contributed by atoms with Gasteiger partial charge >= 0.3 is 0 Å². The van der Waals surface area contributed by atoms with Crippen LogP contribution in [0.1, 0.15) is 36.4 Å². The van der Waals surface area contributed by atoms with Crippen molar-refractivity contribution in [2.24, 2.45) is 0 Å². The van der Waals surface area contributed by atoms with Crippen LogP contribution < -0.4 is 0 Å². The summed E-state index contributed by atoms with van der Waals surface area (Å²) in [6.45, 7) is 8.93. The molecule has 1 aromatic rings. The van der Waals surface area contributed by atoms with Crippen LogP contribution in [-0.2, 0) is 10.0 Å². The monoisotopic (exact) mass is 275 g/mol. The van der Waals surface area contributed by atoms with Crippen LogP contribution in [0.3, 0.4) is 0 Å². The second-order valence-corrected chi connectivity index (χ2v) is 7.49. The summed E-state index contributed by atoms with van der Waals surface area (Å²) in [4.78, 5) is 2.42. The lowest BCUT2D eigenvalue weighted by Crippen LogP contribution is -2.31. The van der Waals surface area contributed by atoms with E-state index in [1.54, 1.807) is 21.7 Å². The average Bonchev–Trinajstić information content (AvgIpc) is 2.59. The van der Waals surface area contributed by atoms with Gasteiger partial charge in [-0.1, -0.05) is 20.3 Å². The third-order valence-electron chi connectivity index (χ3n) is 2.73. The van der Waals surface area contributed by atoms with Crippen molar-refractivity contribution in [3.8, 4) is 0 Å². The molecule has 0 spiro atoms. The van der Waals surface area contributed by atoms with E-state index in [1.807, 2.05) is 20.8 Å². The summed E-state index contributed by atoms with van der Waals surface area (Å²) in [6, 6.07) is 1.78. The van der Waals surface area contributed by atoms with Gasteiger partial charge in [-0.25, -0.2) is 8.42 Å². The molecule has 0 radical (unpaired) electrons. The highest BCUT2D eigenvalue weighted by Crippen LogP contribution is 2.27. The van der Waals surface area contributed by atoms with E-state index in [9.17, 15) is 8.42 Å². The van der Waals surface area contributed by atoms with Crippen molar-refractivity contribution in [1.82, 2.24) is 4.31 Å². The van der Waals surface area contributed by atoms with Crippen molar-refractivity contribution in [1.29, 1.82) is 0 Å². The van der Waals surface area contributed by atoms with Crippen LogP contribution in [0.5, 0.6) is 0 Å². The van der Waals surface area contributed by atoms with Crippen LogP contribution in [0.2, 0.25) is 0 Å². The van der Waals surface area contributed by atoms with Crippen LogP contribution in [0.4, 0.5) is 0 Å². The van der Waals surface area contributed by atoms with Crippen molar-refractivity contribution in [3.05, 3.63) is 15.8 Å². The van der Waals surface area contributed by atoms with Crippen molar-refractivity contribution in [2.75, 3.05) is 13.1 Å². The van der Waals surface area contributed by atoms with Gasteiger partial charge in [0.05, 0.1) is 4.90 Å². The maximum absolute atomic E-state index is 12.4. The number of sulfonamides is 1. The third-order valence-corrected chi connectivity index (χ3v) is 5.92. The molecule has 3 nitrogen and oxygen atoms in total. The van der Waals surface area contributed by atoms with Gasteiger partial charge in [0.15, 0.2) is 0 Å². The molecule has 0 bridgehead atoms. The Morgan fingerprint density at radius 2 is 1.94 bits per heavy atom. The number of hydrogen-bond acceptors (Lipinski definition) is 3. The Bertz CT molecular complexity index is 463. The molecule has 1 heterocycles. The van der Waals surface area contributed by atoms with Gasteiger partial charge in [0.2, 0.25) is 10.0 Å². The Morgan fingerprint density at radius 1 is 1.29 bits per heavy atom. The van der Waals surface area contributed by atoms with Crippen molar-refractivity contribution in [2.45, 2.75) is 45.4 Å². The lowest BCUT2D eigenvalue weighted by atomic mass is 10.3. The first-order chi connectivity index (χ1) is 7.93. The van der Waals surface area contributed by atoms with Crippen molar-refractivity contribution in [3.63, 3.8) is 0 Å². The summed E-state index contributed by atoms with van der Waals surface area (Å²) < 4.78 is 26.4. The minimum absolute atomic E-state index is 0.484. The Labute approximate surface area is 109 Å². The first-order valence-electron chi connectivity index (χ1n) is 6.00. The fourth-order valence-corrected chi connectivity index (χ4v) is 4.80. The topological polar surface area (TPSA) is 37.4 Å². The van der Waals surface area contributed by atoms with E-state index in [-0.39, 0.29) is 0 Å². The molecule has 0 unspecified atom stereocenters. The molecular formula is C12H21NO2S2. The molecule has 1 rings (SSSR count). The van der Waals surface area contributed by atoms with Gasteiger partial charge in [-0.2, -0.15) is 4.31 Å². The summed E-state index contributed by atoms with van der Waals surface area (Å²) >= 11 is 1.54. The van der Waals surface area contributed by atoms with E-state index in [2.05, 4.69) is 6.92 Å². The first kappa shape index (κ1) is 14.7. The van der Waals surface area contributed by atoms with Gasteiger partial charge in [-0.05, 0) is 26.3 Å². The van der Waals surface area contributed by atoms with Crippen LogP contribution in [0.25, 0.3) is 0 Å². The van der Waals surface area contributed by atoms with Crippen LogP contribution in [0.15, 0.2) is 11.0 Å². The predicted molar refractivity (Wildman–Crippen MR) is 73.1 cm³/mol. The number of aryl methyl sites for hydroxylation is 2. The first-order valence-corrected chi connectivity index (χ1v) is 8.26. The molecule has 0 aliphatic heterocycles. The number of rotatable bonds is 6. The number of hydrogen-bond donors (Lipinski definition) is 0. The quantitative estimate of drug-likeness (QED) is 0.799. The zero-order valence-corrected chi connectivity index (χ0v) is 12.6. The molecule has 1 aromatic heterocycles. The third kappa shape index (κ3) is 3.30. The molecule has 0 amide bonds. The molecule has 0 aliphatic rings. The van der Waals surface area contributed by atoms with E-state index in [0.29, 0.717) is 18.0 Å². The van der Waals surface area contributed by atoms with E-state index in [4.69, 9.17) is 0 Å². The van der Waals surface area contributed by atoms with E-state index in [1.165, 1.54) is 0 Å². The molecule has 0 atom stereocenters. The van der Waals surface area contributed by atoms with E-state index in [0.717, 1.165) is 22.6 Å². The normalized spacial score (nSPS) is 12.3. The lowest BCUT2D eigenvalue weighted by Gasteiger charge is -2.19. The second kappa shape index (κ2) is 5.98. The fraction of sp³-hybridized carbons (Fsp3) is 0.667. The SMILES string of the molecule is CCCCN(CC)S(=O)(=O)c1cc(C)sc1C. The lowest BCUT2D eigenvalue weighted by molar-refractivity contribution is 0.419. The molecule has 0 aromatic carbocycles. The summed E-state index contributed by atoms with van der Waals surface area (Å²) in [5.41, 5.74) is 0. The summed E-state index contributed by atoms with van der Waals surface area (Å²) in [5.74, 6) is 0. The minimum Gasteiger partial charge on any atom is -0.207 e. The Kier molecular flexibility index (Phi) is 5.16. The van der Waals surface area contributed by atoms with Gasteiger partial charge in [-0.3, -0.25) is 0 Å². The largest absolute Gasteiger partial charge is 0.244 e. The van der Waals surface area contributed by atoms with Crippen LogP contribution in [0, 0.1) is 13.8 Å². The number of thiophene rings is 1. The van der Waals surface area contributed by atoms with Crippen LogP contribution in [-0.4, -0.2) is 25.8 Å². The maximum atomic E-state index is 12.4. The Morgan fingerprint density at radius 3 is 2.35 bits per heavy atom. The fourth-order valence-electron chi connectivity index (χ4n) is 1.79. The molecule has 0 fully saturated rings. The molecule has 0 N–H and O–H groups in total. The Balaban J connectivity index is 3.04. The summed E-state index contributed by atoms with van der Waals surface area (Å²) in [5, 5.41) is 0. The molecule has 5 heteroatoms. The number of unbranched alkanes of at least 4 members (excludes halogenated alkanes) is 1. The standard InChI is InChI=1S/C12H21NO2S2/c1-5-7-8-13(6-2)17(14,15)12-9-10(3)16-11(12)4/h9H,5-8H2,1-4H3. The minimum atomic E-state index is -3.29. The predicted octanol–water partition coefficient (Wildman–Crippen LogP) is 3.18. The number of nitrogens with zero attached hydrogens (tertiary/aromatic N) is 1. The molecular weight excluding hydrogens is 254 g/mol. The van der Waals surface area contributed by atoms with Crippen LogP contribution >= 0.6 is 11.3 Å². The van der Waals surface area contributed by atoms with Crippen molar-refractivity contribution >= 4 is 21.4 Å². The van der Waals surface area contributed by atoms with Gasteiger partial charge in [-0.15, -0.1) is 11.3 Å². The maximum Gasteiger partial charge on any atom is 0.244 e. The van der Waals surface area contributed by atoms with Gasteiger partial charge < -0.3 is 0 Å². The molecule has 0 aliphatic carbocycles. The highest BCUT2D eigenvalue weighted by atomic mass is 32.2.